The SMILES string of the molecule is CCC(NC1(C)CCS(=O)(=O)C1)c1ccccc1F. The summed E-state index contributed by atoms with van der Waals surface area (Å²) >= 11 is 0. The third-order valence-electron chi connectivity index (χ3n) is 3.71. The lowest BCUT2D eigenvalue weighted by Crippen LogP contribution is -2.45. The molecule has 1 saturated heterocycles. The topological polar surface area (TPSA) is 46.2 Å². The maximum Gasteiger partial charge on any atom is 0.152 e. The molecule has 1 aliphatic heterocycles. The smallest absolute Gasteiger partial charge is 0.152 e. The van der Waals surface area contributed by atoms with Crippen molar-refractivity contribution in [1.82, 2.24) is 5.32 Å². The number of sulfone groups is 1. The number of halogens is 1. The van der Waals surface area contributed by atoms with Gasteiger partial charge in [-0.25, -0.2) is 12.8 Å². The van der Waals surface area contributed by atoms with Gasteiger partial charge in [0.25, 0.3) is 0 Å². The lowest BCUT2D eigenvalue weighted by Gasteiger charge is -2.30. The third kappa shape index (κ3) is 3.34. The number of hydrogen-bond acceptors (Lipinski definition) is 3. The van der Waals surface area contributed by atoms with Crippen molar-refractivity contribution in [2.75, 3.05) is 11.5 Å². The standard InChI is InChI=1S/C14H20FNO2S/c1-3-13(11-6-4-5-7-12(11)15)16-14(2)8-9-19(17,18)10-14/h4-7,13,16H,3,8-10H2,1-2H3. The Morgan fingerprint density at radius 3 is 2.63 bits per heavy atom. The van der Waals surface area contributed by atoms with Gasteiger partial charge in [0, 0.05) is 17.1 Å². The Bertz CT molecular complexity index is 558. The largest absolute Gasteiger partial charge is 0.304 e. The number of benzene rings is 1. The summed E-state index contributed by atoms with van der Waals surface area (Å²) < 4.78 is 37.0. The summed E-state index contributed by atoms with van der Waals surface area (Å²) in [5.74, 6) is 0.0983. The molecule has 5 heteroatoms. The van der Waals surface area contributed by atoms with Gasteiger partial charge < -0.3 is 5.32 Å². The highest BCUT2D eigenvalue weighted by Crippen LogP contribution is 2.29. The van der Waals surface area contributed by atoms with Gasteiger partial charge in [0.1, 0.15) is 5.82 Å². The molecule has 2 rings (SSSR count). The van der Waals surface area contributed by atoms with Crippen LogP contribution in [-0.4, -0.2) is 25.5 Å². The molecular formula is C14H20FNO2S. The van der Waals surface area contributed by atoms with Crippen molar-refractivity contribution in [3.8, 4) is 0 Å². The number of hydrogen-bond donors (Lipinski definition) is 1. The third-order valence-corrected chi connectivity index (χ3v) is 5.62. The molecule has 0 saturated carbocycles. The second-order valence-corrected chi connectivity index (χ2v) is 7.71. The molecule has 2 atom stereocenters. The summed E-state index contributed by atoms with van der Waals surface area (Å²) in [6.45, 7) is 3.87. The van der Waals surface area contributed by atoms with Gasteiger partial charge in [-0.1, -0.05) is 25.1 Å². The van der Waals surface area contributed by atoms with E-state index in [-0.39, 0.29) is 23.4 Å². The fraction of sp³-hybridized carbons (Fsp3) is 0.571. The fourth-order valence-electron chi connectivity index (χ4n) is 2.70. The van der Waals surface area contributed by atoms with Crippen molar-refractivity contribution < 1.29 is 12.8 Å². The first kappa shape index (κ1) is 14.5. The number of nitrogens with one attached hydrogen (secondary N) is 1. The van der Waals surface area contributed by atoms with Gasteiger partial charge in [-0.2, -0.15) is 0 Å². The molecule has 1 heterocycles. The monoisotopic (exact) mass is 285 g/mol. The maximum atomic E-state index is 13.8. The summed E-state index contributed by atoms with van der Waals surface area (Å²) in [7, 11) is -2.96. The van der Waals surface area contributed by atoms with E-state index in [4.69, 9.17) is 0 Å². The molecule has 1 N–H and O–H groups in total. The highest BCUT2D eigenvalue weighted by Gasteiger charge is 2.39. The van der Waals surface area contributed by atoms with E-state index in [1.54, 1.807) is 18.2 Å². The highest BCUT2D eigenvalue weighted by molar-refractivity contribution is 7.91. The van der Waals surface area contributed by atoms with Crippen LogP contribution in [-0.2, 0) is 9.84 Å². The lowest BCUT2D eigenvalue weighted by molar-refractivity contribution is 0.331. The Morgan fingerprint density at radius 1 is 1.42 bits per heavy atom. The van der Waals surface area contributed by atoms with Gasteiger partial charge in [-0.3, -0.25) is 0 Å². The van der Waals surface area contributed by atoms with Crippen LogP contribution in [0.1, 0.15) is 38.3 Å². The van der Waals surface area contributed by atoms with Crippen LogP contribution < -0.4 is 5.32 Å². The lowest BCUT2D eigenvalue weighted by atomic mass is 9.96. The Kier molecular flexibility index (Phi) is 3.97. The second-order valence-electron chi connectivity index (χ2n) is 5.53. The molecule has 0 aromatic heterocycles. The van der Waals surface area contributed by atoms with Crippen molar-refractivity contribution in [3.05, 3.63) is 35.6 Å². The molecule has 106 valence electrons. The Hall–Kier alpha value is -0.940. The Balaban J connectivity index is 2.19. The molecule has 19 heavy (non-hydrogen) atoms. The van der Waals surface area contributed by atoms with Crippen LogP contribution in [0.25, 0.3) is 0 Å². The minimum atomic E-state index is -2.96. The van der Waals surface area contributed by atoms with Crippen LogP contribution in [0.5, 0.6) is 0 Å². The fourth-order valence-corrected chi connectivity index (χ4v) is 4.81. The zero-order valence-corrected chi connectivity index (χ0v) is 12.1. The quantitative estimate of drug-likeness (QED) is 0.924. The molecule has 0 radical (unpaired) electrons. The molecule has 1 aromatic carbocycles. The minimum absolute atomic E-state index is 0.130. The van der Waals surface area contributed by atoms with Crippen molar-refractivity contribution in [2.24, 2.45) is 0 Å². The molecule has 1 fully saturated rings. The average Bonchev–Trinajstić information content (AvgIpc) is 2.62. The summed E-state index contributed by atoms with van der Waals surface area (Å²) in [5, 5.41) is 3.34. The summed E-state index contributed by atoms with van der Waals surface area (Å²) in [6.07, 6.45) is 1.30. The van der Waals surface area contributed by atoms with Crippen LogP contribution in [0.4, 0.5) is 4.39 Å². The van der Waals surface area contributed by atoms with Gasteiger partial charge in [-0.05, 0) is 25.8 Å². The average molecular weight is 285 g/mol. The van der Waals surface area contributed by atoms with E-state index in [1.165, 1.54) is 6.07 Å². The summed E-state index contributed by atoms with van der Waals surface area (Å²) in [6, 6.07) is 6.50. The maximum absolute atomic E-state index is 13.8. The summed E-state index contributed by atoms with van der Waals surface area (Å²) in [4.78, 5) is 0. The minimum Gasteiger partial charge on any atom is -0.304 e. The van der Waals surface area contributed by atoms with E-state index in [0.717, 1.165) is 6.42 Å². The predicted octanol–water partition coefficient (Wildman–Crippen LogP) is 2.44. The predicted molar refractivity (Wildman–Crippen MR) is 74.2 cm³/mol. The van der Waals surface area contributed by atoms with Crippen molar-refractivity contribution in [1.29, 1.82) is 0 Å². The Morgan fingerprint density at radius 2 is 2.11 bits per heavy atom. The van der Waals surface area contributed by atoms with Gasteiger partial charge >= 0.3 is 0 Å². The molecule has 3 nitrogen and oxygen atoms in total. The Labute approximate surface area is 114 Å². The molecule has 0 amide bonds. The first-order valence-electron chi connectivity index (χ1n) is 6.58. The molecular weight excluding hydrogens is 265 g/mol. The van der Waals surface area contributed by atoms with Crippen LogP contribution in [0.2, 0.25) is 0 Å². The van der Waals surface area contributed by atoms with E-state index in [1.807, 2.05) is 13.8 Å². The summed E-state index contributed by atoms with van der Waals surface area (Å²) in [5.41, 5.74) is 0.150. The van der Waals surface area contributed by atoms with Crippen LogP contribution in [0.15, 0.2) is 24.3 Å². The van der Waals surface area contributed by atoms with Crippen molar-refractivity contribution >= 4 is 9.84 Å². The van der Waals surface area contributed by atoms with Crippen molar-refractivity contribution in [2.45, 2.75) is 38.3 Å². The zero-order valence-electron chi connectivity index (χ0n) is 11.3. The number of rotatable bonds is 4. The molecule has 2 unspecified atom stereocenters. The molecule has 0 bridgehead atoms. The van der Waals surface area contributed by atoms with E-state index in [9.17, 15) is 12.8 Å². The second kappa shape index (κ2) is 5.21. The normalized spacial score (nSPS) is 27.3. The van der Waals surface area contributed by atoms with Crippen LogP contribution in [0, 0.1) is 5.82 Å². The van der Waals surface area contributed by atoms with Gasteiger partial charge in [0.2, 0.25) is 0 Å². The van der Waals surface area contributed by atoms with E-state index in [2.05, 4.69) is 5.32 Å². The molecule has 1 aromatic rings. The van der Waals surface area contributed by atoms with Crippen molar-refractivity contribution in [3.63, 3.8) is 0 Å². The van der Waals surface area contributed by atoms with E-state index >= 15 is 0 Å². The highest BCUT2D eigenvalue weighted by atomic mass is 32.2. The molecule has 0 spiro atoms. The van der Waals surface area contributed by atoms with E-state index in [0.29, 0.717) is 12.0 Å². The zero-order chi connectivity index (χ0) is 14.1. The van der Waals surface area contributed by atoms with E-state index < -0.39 is 15.4 Å². The molecule has 0 aliphatic carbocycles. The molecule has 1 aliphatic rings. The first-order valence-corrected chi connectivity index (χ1v) is 8.40. The van der Waals surface area contributed by atoms with Gasteiger partial charge in [-0.15, -0.1) is 0 Å². The van der Waals surface area contributed by atoms with Gasteiger partial charge in [0.05, 0.1) is 11.5 Å². The van der Waals surface area contributed by atoms with Gasteiger partial charge in [0.15, 0.2) is 9.84 Å². The van der Waals surface area contributed by atoms with Crippen LogP contribution in [0.3, 0.4) is 0 Å². The first-order chi connectivity index (χ1) is 8.85. The van der Waals surface area contributed by atoms with Crippen LogP contribution >= 0.6 is 0 Å².